The molecule has 0 aliphatic carbocycles. The summed E-state index contributed by atoms with van der Waals surface area (Å²) in [5.74, 6) is 0.0581. The lowest BCUT2D eigenvalue weighted by molar-refractivity contribution is 0.0996. The first kappa shape index (κ1) is 15.9. The summed E-state index contributed by atoms with van der Waals surface area (Å²) < 4.78 is 5.09. The van der Waals surface area contributed by atoms with Crippen molar-refractivity contribution in [1.29, 1.82) is 0 Å². The van der Waals surface area contributed by atoms with E-state index in [9.17, 15) is 4.79 Å². The molecule has 3 aromatic rings. The van der Waals surface area contributed by atoms with Gasteiger partial charge < -0.3 is 14.6 Å². The van der Waals surface area contributed by atoms with Crippen molar-refractivity contribution in [2.24, 2.45) is 0 Å². The Kier molecular flexibility index (Phi) is 4.96. The van der Waals surface area contributed by atoms with Crippen molar-refractivity contribution < 1.29 is 9.21 Å². The van der Waals surface area contributed by atoms with Crippen LogP contribution in [0.4, 0.5) is 11.4 Å². The number of benzene rings is 2. The van der Waals surface area contributed by atoms with Crippen LogP contribution in [-0.2, 0) is 6.54 Å². The molecule has 0 bridgehead atoms. The number of carbonyl (C=O) groups excluding carboxylic acids is 1. The van der Waals surface area contributed by atoms with Crippen LogP contribution in [0.2, 0.25) is 0 Å². The molecule has 0 radical (unpaired) electrons. The number of hydrogen-bond donors (Lipinski definition) is 1. The summed E-state index contributed by atoms with van der Waals surface area (Å²) in [6, 6.07) is 21.6. The quantitative estimate of drug-likeness (QED) is 0.724. The van der Waals surface area contributed by atoms with E-state index in [1.165, 1.54) is 11.8 Å². The molecule has 4 heteroatoms. The van der Waals surface area contributed by atoms with Gasteiger partial charge in [0.2, 0.25) is 0 Å². The first-order valence-corrected chi connectivity index (χ1v) is 8.00. The Labute approximate surface area is 141 Å². The Hall–Kier alpha value is -3.01. The molecule has 0 unspecified atom stereocenters. The molecule has 1 N–H and O–H groups in total. The van der Waals surface area contributed by atoms with Crippen molar-refractivity contribution in [3.63, 3.8) is 0 Å². The normalized spacial score (nSPS) is 10.4. The van der Waals surface area contributed by atoms with E-state index in [0.29, 0.717) is 5.76 Å². The summed E-state index contributed by atoms with van der Waals surface area (Å²) in [7, 11) is 0. The van der Waals surface area contributed by atoms with E-state index in [0.717, 1.165) is 24.5 Å². The minimum absolute atomic E-state index is 0.246. The van der Waals surface area contributed by atoms with E-state index in [1.807, 2.05) is 30.3 Å². The third-order valence-electron chi connectivity index (χ3n) is 3.83. The van der Waals surface area contributed by atoms with Gasteiger partial charge in [0.25, 0.3) is 5.91 Å². The molecule has 4 nitrogen and oxygen atoms in total. The molecule has 122 valence electrons. The summed E-state index contributed by atoms with van der Waals surface area (Å²) in [5, 5.41) is 2.83. The van der Waals surface area contributed by atoms with Crippen molar-refractivity contribution >= 4 is 17.3 Å². The van der Waals surface area contributed by atoms with Crippen LogP contribution >= 0.6 is 0 Å². The second-order valence-electron chi connectivity index (χ2n) is 5.48. The number of hydrogen-bond acceptors (Lipinski definition) is 3. The fourth-order valence-electron chi connectivity index (χ4n) is 2.55. The number of amides is 1. The summed E-state index contributed by atoms with van der Waals surface area (Å²) in [4.78, 5) is 14.3. The van der Waals surface area contributed by atoms with Gasteiger partial charge in [0.05, 0.1) is 6.26 Å². The molecule has 0 aliphatic rings. The maximum absolute atomic E-state index is 12.0. The van der Waals surface area contributed by atoms with Crippen molar-refractivity contribution in [3.05, 3.63) is 84.3 Å². The van der Waals surface area contributed by atoms with E-state index in [1.54, 1.807) is 12.1 Å². The number of furan rings is 1. The Balaban J connectivity index is 1.67. The van der Waals surface area contributed by atoms with E-state index < -0.39 is 0 Å². The molecule has 1 aromatic heterocycles. The van der Waals surface area contributed by atoms with Crippen molar-refractivity contribution in [2.45, 2.75) is 13.5 Å². The zero-order valence-corrected chi connectivity index (χ0v) is 13.6. The van der Waals surface area contributed by atoms with Gasteiger partial charge in [-0.3, -0.25) is 4.79 Å². The van der Waals surface area contributed by atoms with Crippen molar-refractivity contribution in [1.82, 2.24) is 0 Å². The fourth-order valence-corrected chi connectivity index (χ4v) is 2.55. The standard InChI is InChI=1S/C20H20N2O2/c1-2-22(15-16-7-4-3-5-8-16)18-12-10-17(11-13-18)21-20(23)19-9-6-14-24-19/h3-14H,2,15H2,1H3,(H,21,23). The summed E-state index contributed by atoms with van der Waals surface area (Å²) >= 11 is 0. The zero-order valence-electron chi connectivity index (χ0n) is 13.6. The molecule has 0 spiro atoms. The minimum atomic E-state index is -0.246. The molecule has 2 aromatic carbocycles. The van der Waals surface area contributed by atoms with Gasteiger partial charge in [0.1, 0.15) is 0 Å². The third kappa shape index (κ3) is 3.84. The number of nitrogens with one attached hydrogen (secondary N) is 1. The van der Waals surface area contributed by atoms with Crippen LogP contribution in [0.15, 0.2) is 77.4 Å². The third-order valence-corrected chi connectivity index (χ3v) is 3.83. The van der Waals surface area contributed by atoms with Gasteiger partial charge in [0, 0.05) is 24.5 Å². The fraction of sp³-hybridized carbons (Fsp3) is 0.150. The van der Waals surface area contributed by atoms with Gasteiger partial charge in [-0.2, -0.15) is 0 Å². The molecule has 0 fully saturated rings. The predicted octanol–water partition coefficient (Wildman–Crippen LogP) is 4.56. The predicted molar refractivity (Wildman–Crippen MR) is 96.3 cm³/mol. The Bertz CT molecular complexity index is 765. The van der Waals surface area contributed by atoms with Crippen LogP contribution in [0.1, 0.15) is 23.0 Å². The number of anilines is 2. The second-order valence-corrected chi connectivity index (χ2v) is 5.48. The largest absolute Gasteiger partial charge is 0.459 e. The molecule has 0 saturated heterocycles. The Morgan fingerprint density at radius 2 is 1.75 bits per heavy atom. The summed E-state index contributed by atoms with van der Waals surface area (Å²) in [6.07, 6.45) is 1.49. The summed E-state index contributed by atoms with van der Waals surface area (Å²) in [5.41, 5.74) is 3.14. The lowest BCUT2D eigenvalue weighted by atomic mass is 10.2. The molecule has 1 heterocycles. The molecule has 1 amide bonds. The Morgan fingerprint density at radius 1 is 1.00 bits per heavy atom. The average molecular weight is 320 g/mol. The molecular formula is C20H20N2O2. The lowest BCUT2D eigenvalue weighted by Crippen LogP contribution is -2.21. The van der Waals surface area contributed by atoms with E-state index in [4.69, 9.17) is 4.42 Å². The van der Waals surface area contributed by atoms with Crippen LogP contribution in [0, 0.1) is 0 Å². The van der Waals surface area contributed by atoms with Gasteiger partial charge in [-0.15, -0.1) is 0 Å². The molecule has 0 aliphatic heterocycles. The minimum Gasteiger partial charge on any atom is -0.459 e. The first-order valence-electron chi connectivity index (χ1n) is 8.00. The van der Waals surface area contributed by atoms with Gasteiger partial charge in [-0.25, -0.2) is 0 Å². The smallest absolute Gasteiger partial charge is 0.291 e. The maximum atomic E-state index is 12.0. The van der Waals surface area contributed by atoms with Gasteiger partial charge in [-0.05, 0) is 48.9 Å². The highest BCUT2D eigenvalue weighted by Gasteiger charge is 2.09. The van der Waals surface area contributed by atoms with Crippen molar-refractivity contribution in [2.75, 3.05) is 16.8 Å². The van der Waals surface area contributed by atoms with Crippen LogP contribution in [0.5, 0.6) is 0 Å². The van der Waals surface area contributed by atoms with Gasteiger partial charge >= 0.3 is 0 Å². The molecule has 3 rings (SSSR count). The monoisotopic (exact) mass is 320 g/mol. The highest BCUT2D eigenvalue weighted by atomic mass is 16.3. The molecular weight excluding hydrogens is 300 g/mol. The van der Waals surface area contributed by atoms with Crippen LogP contribution in [0.3, 0.4) is 0 Å². The highest BCUT2D eigenvalue weighted by molar-refractivity contribution is 6.02. The number of carbonyl (C=O) groups is 1. The lowest BCUT2D eigenvalue weighted by Gasteiger charge is -2.23. The zero-order chi connectivity index (χ0) is 16.8. The molecule has 24 heavy (non-hydrogen) atoms. The van der Waals surface area contributed by atoms with E-state index in [-0.39, 0.29) is 5.91 Å². The maximum Gasteiger partial charge on any atom is 0.291 e. The van der Waals surface area contributed by atoms with Gasteiger partial charge in [0.15, 0.2) is 5.76 Å². The summed E-state index contributed by atoms with van der Waals surface area (Å²) in [6.45, 7) is 3.90. The average Bonchev–Trinajstić information content (AvgIpc) is 3.16. The topological polar surface area (TPSA) is 45.5 Å². The van der Waals surface area contributed by atoms with E-state index >= 15 is 0 Å². The molecule has 0 atom stereocenters. The van der Waals surface area contributed by atoms with Gasteiger partial charge in [-0.1, -0.05) is 30.3 Å². The van der Waals surface area contributed by atoms with Crippen LogP contribution in [0.25, 0.3) is 0 Å². The SMILES string of the molecule is CCN(Cc1ccccc1)c1ccc(NC(=O)c2ccco2)cc1. The number of rotatable bonds is 6. The van der Waals surface area contributed by atoms with E-state index in [2.05, 4.69) is 41.4 Å². The molecule has 0 saturated carbocycles. The first-order chi connectivity index (χ1) is 11.8. The van der Waals surface area contributed by atoms with Crippen LogP contribution < -0.4 is 10.2 Å². The Morgan fingerprint density at radius 3 is 2.38 bits per heavy atom. The number of nitrogens with zero attached hydrogens (tertiary/aromatic N) is 1. The van der Waals surface area contributed by atoms with Crippen molar-refractivity contribution in [3.8, 4) is 0 Å². The second kappa shape index (κ2) is 7.51. The highest BCUT2D eigenvalue weighted by Crippen LogP contribution is 2.20. The van der Waals surface area contributed by atoms with Crippen LogP contribution in [-0.4, -0.2) is 12.5 Å².